The van der Waals surface area contributed by atoms with Crippen molar-refractivity contribution in [3.63, 3.8) is 0 Å². The third-order valence-corrected chi connectivity index (χ3v) is 2.22. The number of hydrogen-bond acceptors (Lipinski definition) is 4. The van der Waals surface area contributed by atoms with Crippen LogP contribution in [0.25, 0.3) is 0 Å². The minimum Gasteiger partial charge on any atom is -0.479 e. The smallest absolute Gasteiger partial charge is 0.329 e. The molecule has 1 aromatic rings. The van der Waals surface area contributed by atoms with Crippen molar-refractivity contribution in [1.29, 1.82) is 5.26 Å². The highest BCUT2D eigenvalue weighted by atomic mass is 16.5. The second-order valence-electron chi connectivity index (χ2n) is 3.33. The van der Waals surface area contributed by atoms with E-state index in [-0.39, 0.29) is 19.1 Å². The molecule has 0 atom stereocenters. The predicted octanol–water partition coefficient (Wildman–Crippen LogP) is 0.645. The van der Waals surface area contributed by atoms with Crippen molar-refractivity contribution in [2.24, 2.45) is 0 Å². The number of carbonyl (C=O) groups is 2. The molecule has 0 saturated carbocycles. The van der Waals surface area contributed by atoms with Crippen LogP contribution >= 0.6 is 0 Å². The monoisotopic (exact) mass is 231 g/mol. The zero-order valence-electron chi connectivity index (χ0n) is 8.84. The van der Waals surface area contributed by atoms with Crippen LogP contribution in [0.2, 0.25) is 0 Å². The number of hydrogen-bond donors (Lipinski definition) is 1. The van der Waals surface area contributed by atoms with E-state index in [2.05, 4.69) is 5.32 Å². The molecule has 2 rings (SSSR count). The standard InChI is InChI=1S/C11H9N3O3/c12-4-5-17-9-3-1-2-8(6-9)14-10(15)7-13-11(14)16/h1-3,6H,5,7H2,(H,13,16). The van der Waals surface area contributed by atoms with E-state index in [9.17, 15) is 9.59 Å². The quantitative estimate of drug-likeness (QED) is 0.774. The lowest BCUT2D eigenvalue weighted by molar-refractivity contribution is -0.115. The second-order valence-corrected chi connectivity index (χ2v) is 3.33. The van der Waals surface area contributed by atoms with Gasteiger partial charge in [0.05, 0.1) is 12.2 Å². The van der Waals surface area contributed by atoms with Crippen molar-refractivity contribution in [1.82, 2.24) is 5.32 Å². The van der Waals surface area contributed by atoms with Gasteiger partial charge < -0.3 is 10.1 Å². The van der Waals surface area contributed by atoms with Gasteiger partial charge in [0, 0.05) is 6.07 Å². The van der Waals surface area contributed by atoms with Crippen molar-refractivity contribution in [2.75, 3.05) is 18.1 Å². The summed E-state index contributed by atoms with van der Waals surface area (Å²) in [6.45, 7) is -0.0777. The van der Waals surface area contributed by atoms with Crippen molar-refractivity contribution in [3.8, 4) is 11.8 Å². The lowest BCUT2D eigenvalue weighted by Crippen LogP contribution is -2.30. The van der Waals surface area contributed by atoms with E-state index in [0.29, 0.717) is 11.4 Å². The van der Waals surface area contributed by atoms with Crippen LogP contribution in [0, 0.1) is 11.3 Å². The number of nitriles is 1. The number of nitrogens with one attached hydrogen (secondary N) is 1. The number of imide groups is 1. The number of rotatable bonds is 3. The van der Waals surface area contributed by atoms with Gasteiger partial charge >= 0.3 is 6.03 Å². The molecular formula is C11H9N3O3. The van der Waals surface area contributed by atoms with E-state index < -0.39 is 6.03 Å². The lowest BCUT2D eigenvalue weighted by atomic mass is 10.3. The Kier molecular flexibility index (Phi) is 2.92. The van der Waals surface area contributed by atoms with Gasteiger partial charge in [0.1, 0.15) is 11.8 Å². The third-order valence-electron chi connectivity index (χ3n) is 2.22. The summed E-state index contributed by atoms with van der Waals surface area (Å²) < 4.78 is 5.10. The zero-order valence-corrected chi connectivity index (χ0v) is 8.84. The fraction of sp³-hybridized carbons (Fsp3) is 0.182. The third kappa shape index (κ3) is 2.18. The molecule has 17 heavy (non-hydrogen) atoms. The maximum Gasteiger partial charge on any atom is 0.329 e. The summed E-state index contributed by atoms with van der Waals surface area (Å²) in [6, 6.07) is 7.86. The highest BCUT2D eigenvalue weighted by Crippen LogP contribution is 2.22. The molecule has 0 radical (unpaired) electrons. The van der Waals surface area contributed by atoms with E-state index in [0.717, 1.165) is 4.90 Å². The molecule has 0 bridgehead atoms. The van der Waals surface area contributed by atoms with E-state index >= 15 is 0 Å². The first kappa shape index (κ1) is 11.0. The lowest BCUT2D eigenvalue weighted by Gasteiger charge is -2.13. The van der Waals surface area contributed by atoms with Gasteiger partial charge in [-0.1, -0.05) is 6.07 Å². The Morgan fingerprint density at radius 2 is 2.29 bits per heavy atom. The molecule has 1 aromatic carbocycles. The van der Waals surface area contributed by atoms with Crippen LogP contribution in [0.15, 0.2) is 24.3 Å². The fourth-order valence-corrected chi connectivity index (χ4v) is 1.51. The maximum atomic E-state index is 11.5. The maximum absolute atomic E-state index is 11.5. The van der Waals surface area contributed by atoms with E-state index in [1.54, 1.807) is 24.3 Å². The van der Waals surface area contributed by atoms with Crippen molar-refractivity contribution in [3.05, 3.63) is 24.3 Å². The molecule has 1 heterocycles. The molecule has 1 aliphatic heterocycles. The Labute approximate surface area is 97.4 Å². The molecular weight excluding hydrogens is 222 g/mol. The Morgan fingerprint density at radius 3 is 2.94 bits per heavy atom. The largest absolute Gasteiger partial charge is 0.479 e. The first-order valence-electron chi connectivity index (χ1n) is 4.93. The van der Waals surface area contributed by atoms with Crippen molar-refractivity contribution >= 4 is 17.6 Å². The Bertz CT molecular complexity index is 491. The topological polar surface area (TPSA) is 82.4 Å². The molecule has 0 spiro atoms. The summed E-state index contributed by atoms with van der Waals surface area (Å²) >= 11 is 0. The van der Waals surface area contributed by atoms with Gasteiger partial charge in [0.25, 0.3) is 5.91 Å². The summed E-state index contributed by atoms with van der Waals surface area (Å²) in [6.07, 6.45) is 0. The minimum absolute atomic E-state index is 0.00210. The minimum atomic E-state index is -0.451. The number of nitrogens with zero attached hydrogens (tertiary/aromatic N) is 2. The average Bonchev–Trinajstić information content (AvgIpc) is 2.67. The molecule has 86 valence electrons. The predicted molar refractivity (Wildman–Crippen MR) is 58.4 cm³/mol. The summed E-state index contributed by atoms with van der Waals surface area (Å²) in [7, 11) is 0. The summed E-state index contributed by atoms with van der Waals surface area (Å²) in [5.74, 6) is 0.129. The van der Waals surface area contributed by atoms with E-state index in [1.807, 2.05) is 6.07 Å². The number of urea groups is 1. The van der Waals surface area contributed by atoms with Gasteiger partial charge in [-0.2, -0.15) is 5.26 Å². The van der Waals surface area contributed by atoms with Crippen molar-refractivity contribution in [2.45, 2.75) is 0 Å². The zero-order chi connectivity index (χ0) is 12.3. The molecule has 1 aliphatic rings. The molecule has 3 amide bonds. The average molecular weight is 231 g/mol. The fourth-order valence-electron chi connectivity index (χ4n) is 1.51. The Morgan fingerprint density at radius 1 is 1.47 bits per heavy atom. The number of benzene rings is 1. The molecule has 1 fully saturated rings. The molecule has 6 heteroatoms. The van der Waals surface area contributed by atoms with Crippen LogP contribution in [-0.2, 0) is 4.79 Å². The highest BCUT2D eigenvalue weighted by Gasteiger charge is 2.29. The van der Waals surface area contributed by atoms with Gasteiger partial charge in [-0.3, -0.25) is 4.79 Å². The molecule has 0 aliphatic carbocycles. The summed E-state index contributed by atoms with van der Waals surface area (Å²) in [5.41, 5.74) is 0.431. The van der Waals surface area contributed by atoms with Crippen molar-refractivity contribution < 1.29 is 14.3 Å². The second kappa shape index (κ2) is 4.53. The molecule has 6 nitrogen and oxygen atoms in total. The van der Waals surface area contributed by atoms with Crippen LogP contribution in [0.5, 0.6) is 5.75 Å². The van der Waals surface area contributed by atoms with E-state index in [1.165, 1.54) is 0 Å². The van der Waals surface area contributed by atoms with Gasteiger partial charge in [-0.05, 0) is 12.1 Å². The SMILES string of the molecule is N#CCOc1cccc(N2C(=O)CNC2=O)c1. The highest BCUT2D eigenvalue weighted by molar-refractivity contribution is 6.19. The van der Waals surface area contributed by atoms with Crippen LogP contribution in [-0.4, -0.2) is 25.1 Å². The summed E-state index contributed by atoms with van der Waals surface area (Å²) in [5, 5.41) is 10.8. The Hall–Kier alpha value is -2.55. The molecule has 0 aromatic heterocycles. The molecule has 1 saturated heterocycles. The normalized spacial score (nSPS) is 14.4. The number of amides is 3. The number of anilines is 1. The molecule has 1 N–H and O–H groups in total. The number of ether oxygens (including phenoxy) is 1. The van der Waals surface area contributed by atoms with Gasteiger partial charge in [0.15, 0.2) is 6.61 Å². The number of carbonyl (C=O) groups excluding carboxylic acids is 2. The molecule has 0 unspecified atom stereocenters. The summed E-state index contributed by atoms with van der Waals surface area (Å²) in [4.78, 5) is 23.9. The van der Waals surface area contributed by atoms with Crippen LogP contribution in [0.3, 0.4) is 0 Å². The van der Waals surface area contributed by atoms with Gasteiger partial charge in [0.2, 0.25) is 0 Å². The first-order valence-corrected chi connectivity index (χ1v) is 4.93. The first-order chi connectivity index (χ1) is 8.22. The van der Waals surface area contributed by atoms with E-state index in [4.69, 9.17) is 10.00 Å². The van der Waals surface area contributed by atoms with Crippen LogP contribution < -0.4 is 15.0 Å². The Balaban J connectivity index is 2.24. The van der Waals surface area contributed by atoms with Crippen LogP contribution in [0.1, 0.15) is 0 Å². The van der Waals surface area contributed by atoms with Gasteiger partial charge in [-0.15, -0.1) is 0 Å². The van der Waals surface area contributed by atoms with Gasteiger partial charge in [-0.25, -0.2) is 9.69 Å². The van der Waals surface area contributed by atoms with Crippen LogP contribution in [0.4, 0.5) is 10.5 Å².